The van der Waals surface area contributed by atoms with Crippen LogP contribution in [0.2, 0.25) is 0 Å². The molecule has 74 valence electrons. The maximum atomic E-state index is 11.6. The fourth-order valence-corrected chi connectivity index (χ4v) is 1.69. The summed E-state index contributed by atoms with van der Waals surface area (Å²) in [5.41, 5.74) is 3.26. The third kappa shape index (κ3) is 2.60. The van der Waals surface area contributed by atoms with E-state index in [1.807, 2.05) is 23.6 Å². The fourth-order valence-electron chi connectivity index (χ4n) is 1.16. The minimum absolute atomic E-state index is 0.00333. The van der Waals surface area contributed by atoms with E-state index in [1.165, 1.54) is 11.3 Å². The van der Waals surface area contributed by atoms with E-state index in [-0.39, 0.29) is 5.78 Å². The van der Waals surface area contributed by atoms with Gasteiger partial charge in [0.2, 0.25) is 0 Å². The molecule has 0 bridgehead atoms. The van der Waals surface area contributed by atoms with Crippen molar-refractivity contribution in [2.45, 2.75) is 0 Å². The smallest absolute Gasteiger partial charge is 0.185 e. The van der Waals surface area contributed by atoms with Gasteiger partial charge in [0.05, 0.1) is 11.2 Å². The lowest BCUT2D eigenvalue weighted by Gasteiger charge is -1.92. The van der Waals surface area contributed by atoms with Crippen molar-refractivity contribution in [3.05, 3.63) is 58.6 Å². The predicted molar refractivity (Wildman–Crippen MR) is 61.9 cm³/mol. The SMILES string of the molecule is O=C(/C=C/c1cscn1)c1ccccc1. The number of thiazole rings is 1. The Kier molecular flexibility index (Phi) is 3.05. The van der Waals surface area contributed by atoms with Crippen molar-refractivity contribution in [3.8, 4) is 0 Å². The van der Waals surface area contributed by atoms with Crippen LogP contribution in [0.25, 0.3) is 6.08 Å². The molecule has 0 saturated heterocycles. The molecule has 1 aromatic heterocycles. The highest BCUT2D eigenvalue weighted by Gasteiger charge is 1.99. The topological polar surface area (TPSA) is 30.0 Å². The quantitative estimate of drug-likeness (QED) is 0.582. The number of benzene rings is 1. The van der Waals surface area contributed by atoms with Gasteiger partial charge in [0.25, 0.3) is 0 Å². The predicted octanol–water partition coefficient (Wildman–Crippen LogP) is 3.04. The summed E-state index contributed by atoms with van der Waals surface area (Å²) in [6, 6.07) is 9.19. The number of hydrogen-bond acceptors (Lipinski definition) is 3. The Balaban J connectivity index is 2.11. The van der Waals surface area contributed by atoms with Crippen LogP contribution in [-0.2, 0) is 0 Å². The molecule has 0 spiro atoms. The van der Waals surface area contributed by atoms with E-state index in [0.29, 0.717) is 5.56 Å². The first-order chi connectivity index (χ1) is 7.36. The van der Waals surface area contributed by atoms with Crippen molar-refractivity contribution >= 4 is 23.2 Å². The number of allylic oxidation sites excluding steroid dienone is 1. The highest BCUT2D eigenvalue weighted by molar-refractivity contribution is 7.07. The van der Waals surface area contributed by atoms with Gasteiger partial charge in [-0.2, -0.15) is 0 Å². The first kappa shape index (κ1) is 9.80. The first-order valence-corrected chi connectivity index (χ1v) is 5.46. The lowest BCUT2D eigenvalue weighted by Crippen LogP contribution is -1.92. The number of ketones is 1. The fraction of sp³-hybridized carbons (Fsp3) is 0. The summed E-state index contributed by atoms with van der Waals surface area (Å²) in [5.74, 6) is 0.00333. The molecule has 0 unspecified atom stereocenters. The lowest BCUT2D eigenvalue weighted by molar-refractivity contribution is 0.104. The Morgan fingerprint density at radius 3 is 2.73 bits per heavy atom. The minimum atomic E-state index is 0.00333. The van der Waals surface area contributed by atoms with E-state index < -0.39 is 0 Å². The van der Waals surface area contributed by atoms with Gasteiger partial charge in [-0.05, 0) is 12.2 Å². The molecule has 0 aliphatic carbocycles. The monoisotopic (exact) mass is 215 g/mol. The Morgan fingerprint density at radius 2 is 2.07 bits per heavy atom. The molecule has 15 heavy (non-hydrogen) atoms. The molecular formula is C12H9NOS. The van der Waals surface area contributed by atoms with Gasteiger partial charge in [0.15, 0.2) is 5.78 Å². The summed E-state index contributed by atoms with van der Waals surface area (Å²) in [7, 11) is 0. The van der Waals surface area contributed by atoms with Crippen LogP contribution < -0.4 is 0 Å². The average molecular weight is 215 g/mol. The molecule has 0 N–H and O–H groups in total. The molecule has 0 fully saturated rings. The first-order valence-electron chi connectivity index (χ1n) is 4.52. The van der Waals surface area contributed by atoms with E-state index in [0.717, 1.165) is 5.69 Å². The molecule has 0 atom stereocenters. The van der Waals surface area contributed by atoms with Crippen LogP contribution in [0.4, 0.5) is 0 Å². The molecule has 1 aromatic carbocycles. The van der Waals surface area contributed by atoms with Crippen LogP contribution in [0.1, 0.15) is 16.1 Å². The van der Waals surface area contributed by atoms with Gasteiger partial charge in [-0.3, -0.25) is 4.79 Å². The van der Waals surface area contributed by atoms with Gasteiger partial charge in [-0.25, -0.2) is 4.98 Å². The number of nitrogens with zero attached hydrogens (tertiary/aromatic N) is 1. The van der Waals surface area contributed by atoms with Gasteiger partial charge in [-0.15, -0.1) is 11.3 Å². The minimum Gasteiger partial charge on any atom is -0.289 e. The van der Waals surface area contributed by atoms with Crippen molar-refractivity contribution in [3.63, 3.8) is 0 Å². The number of carbonyl (C=O) groups excluding carboxylic acids is 1. The Hall–Kier alpha value is -1.74. The summed E-state index contributed by atoms with van der Waals surface area (Å²) in [6.45, 7) is 0. The molecule has 2 rings (SSSR count). The van der Waals surface area contributed by atoms with Crippen LogP contribution in [0.15, 0.2) is 47.3 Å². The van der Waals surface area contributed by atoms with Crippen molar-refractivity contribution in [2.75, 3.05) is 0 Å². The van der Waals surface area contributed by atoms with Crippen molar-refractivity contribution in [1.29, 1.82) is 0 Å². The second-order valence-corrected chi connectivity index (χ2v) is 3.70. The number of rotatable bonds is 3. The van der Waals surface area contributed by atoms with Crippen LogP contribution in [0.3, 0.4) is 0 Å². The number of carbonyl (C=O) groups is 1. The molecule has 0 amide bonds. The summed E-state index contributed by atoms with van der Waals surface area (Å²) in [4.78, 5) is 15.7. The second-order valence-electron chi connectivity index (χ2n) is 2.98. The molecule has 0 saturated carbocycles. The zero-order chi connectivity index (χ0) is 10.5. The van der Waals surface area contributed by atoms with Crippen LogP contribution >= 0.6 is 11.3 Å². The highest BCUT2D eigenvalue weighted by Crippen LogP contribution is 2.05. The average Bonchev–Trinajstić information content (AvgIpc) is 2.80. The molecule has 0 aliphatic rings. The van der Waals surface area contributed by atoms with Crippen LogP contribution in [0, 0.1) is 0 Å². The maximum Gasteiger partial charge on any atom is 0.185 e. The summed E-state index contributed by atoms with van der Waals surface area (Å²) in [5, 5.41) is 1.90. The Morgan fingerprint density at radius 1 is 1.27 bits per heavy atom. The highest BCUT2D eigenvalue weighted by atomic mass is 32.1. The van der Waals surface area contributed by atoms with E-state index in [2.05, 4.69) is 4.98 Å². The standard InChI is InChI=1S/C12H9NOS/c14-12(10-4-2-1-3-5-10)7-6-11-8-15-9-13-11/h1-9H/b7-6+. The zero-order valence-electron chi connectivity index (χ0n) is 7.96. The van der Waals surface area contributed by atoms with Gasteiger partial charge in [0.1, 0.15) is 0 Å². The van der Waals surface area contributed by atoms with E-state index in [4.69, 9.17) is 0 Å². The maximum absolute atomic E-state index is 11.6. The lowest BCUT2D eigenvalue weighted by atomic mass is 10.1. The normalized spacial score (nSPS) is 10.7. The van der Waals surface area contributed by atoms with Crippen LogP contribution in [-0.4, -0.2) is 10.8 Å². The van der Waals surface area contributed by atoms with Crippen molar-refractivity contribution < 1.29 is 4.79 Å². The Bertz CT molecular complexity index is 460. The summed E-state index contributed by atoms with van der Waals surface area (Å²) in [6.07, 6.45) is 3.27. The molecule has 1 heterocycles. The largest absolute Gasteiger partial charge is 0.289 e. The van der Waals surface area contributed by atoms with Gasteiger partial charge in [0, 0.05) is 10.9 Å². The number of hydrogen-bond donors (Lipinski definition) is 0. The third-order valence-electron chi connectivity index (χ3n) is 1.92. The molecule has 0 aliphatic heterocycles. The van der Waals surface area contributed by atoms with Crippen molar-refractivity contribution in [1.82, 2.24) is 4.98 Å². The van der Waals surface area contributed by atoms with Gasteiger partial charge < -0.3 is 0 Å². The van der Waals surface area contributed by atoms with E-state index in [9.17, 15) is 4.79 Å². The Labute approximate surface area is 91.9 Å². The molecule has 3 heteroatoms. The summed E-state index contributed by atoms with van der Waals surface area (Å²) < 4.78 is 0. The molecular weight excluding hydrogens is 206 g/mol. The molecule has 0 radical (unpaired) electrons. The zero-order valence-corrected chi connectivity index (χ0v) is 8.78. The van der Waals surface area contributed by atoms with E-state index >= 15 is 0 Å². The molecule has 2 aromatic rings. The number of aromatic nitrogens is 1. The molecule has 2 nitrogen and oxygen atoms in total. The van der Waals surface area contributed by atoms with Crippen molar-refractivity contribution in [2.24, 2.45) is 0 Å². The summed E-state index contributed by atoms with van der Waals surface area (Å²) >= 11 is 1.51. The van der Waals surface area contributed by atoms with Gasteiger partial charge in [-0.1, -0.05) is 30.3 Å². The second kappa shape index (κ2) is 4.66. The van der Waals surface area contributed by atoms with Gasteiger partial charge >= 0.3 is 0 Å². The van der Waals surface area contributed by atoms with Crippen LogP contribution in [0.5, 0.6) is 0 Å². The van der Waals surface area contributed by atoms with E-state index in [1.54, 1.807) is 29.8 Å². The third-order valence-corrected chi connectivity index (χ3v) is 2.52.